The van der Waals surface area contributed by atoms with Crippen molar-refractivity contribution in [1.82, 2.24) is 4.90 Å². The number of hydrogen-bond donors (Lipinski definition) is 1. The molecule has 4 heteroatoms. The van der Waals surface area contributed by atoms with Crippen molar-refractivity contribution in [1.29, 1.82) is 0 Å². The highest BCUT2D eigenvalue weighted by Gasteiger charge is 2.33. The maximum atomic E-state index is 13.1. The maximum Gasteiger partial charge on any atom is 0.254 e. The Morgan fingerprint density at radius 2 is 1.82 bits per heavy atom. The number of carbonyl (C=O) groups excluding carboxylic acids is 1. The van der Waals surface area contributed by atoms with E-state index < -0.39 is 0 Å². The zero-order valence-electron chi connectivity index (χ0n) is 12.3. The van der Waals surface area contributed by atoms with Gasteiger partial charge in [0.15, 0.2) is 0 Å². The molecule has 0 radical (unpaired) electrons. The van der Waals surface area contributed by atoms with Crippen LogP contribution in [0.5, 0.6) is 0 Å². The van der Waals surface area contributed by atoms with E-state index in [0.717, 1.165) is 24.0 Å². The third kappa shape index (κ3) is 3.02. The van der Waals surface area contributed by atoms with Gasteiger partial charge in [-0.05, 0) is 42.2 Å². The van der Waals surface area contributed by atoms with Crippen LogP contribution in [-0.4, -0.2) is 29.9 Å². The van der Waals surface area contributed by atoms with Crippen molar-refractivity contribution in [2.45, 2.75) is 18.9 Å². The van der Waals surface area contributed by atoms with Crippen LogP contribution in [0.4, 0.5) is 4.39 Å². The van der Waals surface area contributed by atoms with E-state index in [1.54, 1.807) is 12.1 Å². The van der Waals surface area contributed by atoms with Gasteiger partial charge in [0.2, 0.25) is 0 Å². The number of nitrogens with zero attached hydrogens (tertiary/aromatic N) is 1. The average molecular weight is 298 g/mol. The Kier molecular flexibility index (Phi) is 4.20. The Morgan fingerprint density at radius 1 is 1.14 bits per heavy atom. The van der Waals surface area contributed by atoms with E-state index in [1.165, 1.54) is 12.1 Å². The van der Waals surface area contributed by atoms with Crippen molar-refractivity contribution in [3.05, 3.63) is 59.9 Å². The lowest BCUT2D eigenvalue weighted by atomic mass is 9.98. The molecule has 0 unspecified atom stereocenters. The summed E-state index contributed by atoms with van der Waals surface area (Å²) in [5.41, 5.74) is 7.96. The summed E-state index contributed by atoms with van der Waals surface area (Å²) in [5, 5.41) is 0. The molecule has 2 aromatic rings. The fourth-order valence-electron chi connectivity index (χ4n) is 2.68. The standard InChI is InChI=1S/C18H19FN2O/c19-14-7-5-13(6-8-14)16-3-1-2-4-17(16)18(22)21(12-11-20)15-9-10-15/h1-8,15H,9-12,20H2. The lowest BCUT2D eigenvalue weighted by Crippen LogP contribution is -2.37. The molecule has 2 aromatic carbocycles. The van der Waals surface area contributed by atoms with Crippen LogP contribution in [0.3, 0.4) is 0 Å². The molecule has 0 saturated heterocycles. The zero-order chi connectivity index (χ0) is 15.5. The fourth-order valence-corrected chi connectivity index (χ4v) is 2.68. The van der Waals surface area contributed by atoms with Gasteiger partial charge in [0, 0.05) is 24.7 Å². The Morgan fingerprint density at radius 3 is 2.45 bits per heavy atom. The summed E-state index contributed by atoms with van der Waals surface area (Å²) in [6.45, 7) is 1.03. The Balaban J connectivity index is 1.96. The number of benzene rings is 2. The minimum Gasteiger partial charge on any atom is -0.334 e. The third-order valence-corrected chi connectivity index (χ3v) is 3.93. The van der Waals surface area contributed by atoms with Crippen molar-refractivity contribution in [3.8, 4) is 11.1 Å². The molecule has 114 valence electrons. The summed E-state index contributed by atoms with van der Waals surface area (Å²) in [5.74, 6) is -0.275. The van der Waals surface area contributed by atoms with Gasteiger partial charge in [-0.2, -0.15) is 0 Å². The SMILES string of the molecule is NCCN(C(=O)c1ccccc1-c1ccc(F)cc1)C1CC1. The molecular weight excluding hydrogens is 279 g/mol. The molecule has 1 amide bonds. The molecule has 0 atom stereocenters. The molecule has 0 spiro atoms. The molecule has 0 aliphatic heterocycles. The molecule has 1 saturated carbocycles. The zero-order valence-corrected chi connectivity index (χ0v) is 12.3. The molecule has 0 aromatic heterocycles. The predicted octanol–water partition coefficient (Wildman–Crippen LogP) is 3.06. The molecule has 3 nitrogen and oxygen atoms in total. The van der Waals surface area contributed by atoms with Crippen LogP contribution in [0, 0.1) is 5.82 Å². The van der Waals surface area contributed by atoms with E-state index in [2.05, 4.69) is 0 Å². The normalized spacial score (nSPS) is 13.9. The van der Waals surface area contributed by atoms with Crippen molar-refractivity contribution < 1.29 is 9.18 Å². The largest absolute Gasteiger partial charge is 0.334 e. The second kappa shape index (κ2) is 6.28. The van der Waals surface area contributed by atoms with Crippen molar-refractivity contribution in [2.24, 2.45) is 5.73 Å². The van der Waals surface area contributed by atoms with E-state index >= 15 is 0 Å². The van der Waals surface area contributed by atoms with Crippen LogP contribution >= 0.6 is 0 Å². The van der Waals surface area contributed by atoms with Gasteiger partial charge < -0.3 is 10.6 Å². The number of rotatable bonds is 5. The fraction of sp³-hybridized carbons (Fsp3) is 0.278. The van der Waals surface area contributed by atoms with E-state index in [1.807, 2.05) is 29.2 Å². The molecule has 3 rings (SSSR count). The second-order valence-electron chi connectivity index (χ2n) is 5.57. The van der Waals surface area contributed by atoms with Gasteiger partial charge in [0.25, 0.3) is 5.91 Å². The molecule has 0 bridgehead atoms. The van der Waals surface area contributed by atoms with Gasteiger partial charge in [0.1, 0.15) is 5.82 Å². The molecular formula is C18H19FN2O. The number of nitrogens with two attached hydrogens (primary N) is 1. The first kappa shape index (κ1) is 14.7. The number of halogens is 1. The van der Waals surface area contributed by atoms with E-state index in [4.69, 9.17) is 5.73 Å². The summed E-state index contributed by atoms with van der Waals surface area (Å²) in [6, 6.07) is 14.0. The number of carbonyl (C=O) groups is 1. The molecule has 22 heavy (non-hydrogen) atoms. The third-order valence-electron chi connectivity index (χ3n) is 3.93. The first-order chi connectivity index (χ1) is 10.7. The Hall–Kier alpha value is -2.20. The second-order valence-corrected chi connectivity index (χ2v) is 5.57. The van der Waals surface area contributed by atoms with Gasteiger partial charge in [0.05, 0.1) is 0 Å². The monoisotopic (exact) mass is 298 g/mol. The first-order valence-electron chi connectivity index (χ1n) is 7.56. The molecule has 2 N–H and O–H groups in total. The quantitative estimate of drug-likeness (QED) is 0.922. The van der Waals surface area contributed by atoms with Crippen molar-refractivity contribution in [2.75, 3.05) is 13.1 Å². The van der Waals surface area contributed by atoms with Crippen molar-refractivity contribution in [3.63, 3.8) is 0 Å². The maximum absolute atomic E-state index is 13.1. The summed E-state index contributed by atoms with van der Waals surface area (Å²) in [7, 11) is 0. The smallest absolute Gasteiger partial charge is 0.254 e. The highest BCUT2D eigenvalue weighted by Crippen LogP contribution is 2.31. The van der Waals surface area contributed by atoms with Gasteiger partial charge in [-0.1, -0.05) is 30.3 Å². The van der Waals surface area contributed by atoms with Crippen LogP contribution in [0.15, 0.2) is 48.5 Å². The summed E-state index contributed by atoms with van der Waals surface area (Å²) in [6.07, 6.45) is 2.09. The van der Waals surface area contributed by atoms with E-state index in [9.17, 15) is 9.18 Å². The summed E-state index contributed by atoms with van der Waals surface area (Å²) < 4.78 is 13.1. The van der Waals surface area contributed by atoms with E-state index in [0.29, 0.717) is 24.7 Å². The number of hydrogen-bond acceptors (Lipinski definition) is 2. The highest BCUT2D eigenvalue weighted by atomic mass is 19.1. The van der Waals surface area contributed by atoms with Gasteiger partial charge in [-0.3, -0.25) is 4.79 Å². The van der Waals surface area contributed by atoms with Crippen LogP contribution in [-0.2, 0) is 0 Å². The lowest BCUT2D eigenvalue weighted by Gasteiger charge is -2.23. The Labute approximate surface area is 129 Å². The van der Waals surface area contributed by atoms with Crippen LogP contribution in [0.2, 0.25) is 0 Å². The van der Waals surface area contributed by atoms with Crippen LogP contribution in [0.1, 0.15) is 23.2 Å². The first-order valence-corrected chi connectivity index (χ1v) is 7.56. The highest BCUT2D eigenvalue weighted by molar-refractivity contribution is 6.01. The minimum atomic E-state index is -0.282. The van der Waals surface area contributed by atoms with Gasteiger partial charge in [-0.25, -0.2) is 4.39 Å². The van der Waals surface area contributed by atoms with Gasteiger partial charge >= 0.3 is 0 Å². The molecule has 0 heterocycles. The van der Waals surface area contributed by atoms with Crippen LogP contribution < -0.4 is 5.73 Å². The average Bonchev–Trinajstić information content (AvgIpc) is 3.37. The minimum absolute atomic E-state index is 0.00729. The topological polar surface area (TPSA) is 46.3 Å². The summed E-state index contributed by atoms with van der Waals surface area (Å²) in [4.78, 5) is 14.7. The van der Waals surface area contributed by atoms with Crippen molar-refractivity contribution >= 4 is 5.91 Å². The predicted molar refractivity (Wildman–Crippen MR) is 84.9 cm³/mol. The number of amides is 1. The molecule has 1 aliphatic rings. The lowest BCUT2D eigenvalue weighted by molar-refractivity contribution is 0.0749. The van der Waals surface area contributed by atoms with Crippen LogP contribution in [0.25, 0.3) is 11.1 Å². The summed E-state index contributed by atoms with van der Waals surface area (Å²) >= 11 is 0. The van der Waals surface area contributed by atoms with E-state index in [-0.39, 0.29) is 11.7 Å². The Bertz CT molecular complexity index is 665. The van der Waals surface area contributed by atoms with Gasteiger partial charge in [-0.15, -0.1) is 0 Å². The molecule has 1 aliphatic carbocycles. The molecule has 1 fully saturated rings.